The lowest BCUT2D eigenvalue weighted by atomic mass is 9.99. The largest absolute Gasteiger partial charge is 0.478 e. The summed E-state index contributed by atoms with van der Waals surface area (Å²) in [6, 6.07) is 22.1. The third-order valence-corrected chi connectivity index (χ3v) is 13.4. The lowest BCUT2D eigenvalue weighted by molar-refractivity contribution is 0.0696. The van der Waals surface area contributed by atoms with E-state index in [-0.39, 0.29) is 40.7 Å². The molecule has 1 amide bonds. The maximum absolute atomic E-state index is 15.0. The van der Waals surface area contributed by atoms with Crippen molar-refractivity contribution in [3.63, 3.8) is 0 Å². The van der Waals surface area contributed by atoms with Gasteiger partial charge in [-0.1, -0.05) is 52.0 Å². The summed E-state index contributed by atoms with van der Waals surface area (Å²) in [4.78, 5) is 73.7. The van der Waals surface area contributed by atoms with E-state index in [1.807, 2.05) is 26.8 Å². The van der Waals surface area contributed by atoms with Crippen LogP contribution in [0.15, 0.2) is 107 Å². The first kappa shape index (κ1) is 58.3. The van der Waals surface area contributed by atoms with Crippen LogP contribution in [0, 0.1) is 37.1 Å². The Balaban J connectivity index is 0.000000229. The van der Waals surface area contributed by atoms with Gasteiger partial charge in [0.05, 0.1) is 17.0 Å². The normalized spacial score (nSPS) is 11.4. The van der Waals surface area contributed by atoms with E-state index in [1.54, 1.807) is 31.2 Å². The van der Waals surface area contributed by atoms with Crippen molar-refractivity contribution in [3.05, 3.63) is 163 Å². The van der Waals surface area contributed by atoms with E-state index in [0.29, 0.717) is 51.9 Å². The molecule has 4 aromatic carbocycles. The number of carboxylic acid groups (broad SMARTS) is 1. The average Bonchev–Trinajstić information content (AvgIpc) is 3.49. The first-order chi connectivity index (χ1) is 37.9. The number of nitrogens with one attached hydrogen (secondary N) is 3. The third kappa shape index (κ3) is 13.5. The monoisotopic (exact) mass is 1080 g/mol. The number of rotatable bonds is 21. The number of carboxylic acids is 1. The molecular formula is C59H65F4N11O5. The number of anilines is 2. The molecule has 8 rings (SSSR count). The molecule has 0 aliphatic carbocycles. The van der Waals surface area contributed by atoms with E-state index in [0.717, 1.165) is 96.6 Å². The number of fused-ring (bicyclic) bond motifs is 2. The maximum Gasteiger partial charge on any atom is 0.335 e. The molecule has 0 bridgehead atoms. The highest BCUT2D eigenvalue weighted by atomic mass is 19.1. The van der Waals surface area contributed by atoms with Crippen LogP contribution < -0.4 is 27.1 Å². The number of halogens is 4. The van der Waals surface area contributed by atoms with Gasteiger partial charge in [0.25, 0.3) is 17.0 Å². The van der Waals surface area contributed by atoms with Crippen LogP contribution in [0.1, 0.15) is 86.2 Å². The van der Waals surface area contributed by atoms with Crippen LogP contribution in [0.5, 0.6) is 0 Å². The van der Waals surface area contributed by atoms with E-state index in [2.05, 4.69) is 68.4 Å². The molecule has 414 valence electrons. The minimum atomic E-state index is -1.11. The van der Waals surface area contributed by atoms with Crippen LogP contribution in [0.25, 0.3) is 56.0 Å². The molecule has 0 fully saturated rings. The van der Waals surface area contributed by atoms with E-state index < -0.39 is 51.7 Å². The highest BCUT2D eigenvalue weighted by molar-refractivity contribution is 5.99. The molecule has 20 heteroatoms. The predicted molar refractivity (Wildman–Crippen MR) is 302 cm³/mol. The zero-order valence-corrected chi connectivity index (χ0v) is 45.6. The third-order valence-electron chi connectivity index (χ3n) is 13.4. The fraction of sp³-hybridized carbons (Fsp3) is 0.322. The van der Waals surface area contributed by atoms with Gasteiger partial charge in [-0.15, -0.1) is 0 Å². The average molecular weight is 1080 g/mol. The van der Waals surface area contributed by atoms with Crippen LogP contribution in [0.2, 0.25) is 0 Å². The summed E-state index contributed by atoms with van der Waals surface area (Å²) in [6.07, 6.45) is 1.60. The Kier molecular flexibility index (Phi) is 19.4. The minimum absolute atomic E-state index is 0.00197. The number of carbonyl (C=O) groups excluding carboxylic acids is 1. The first-order valence-electron chi connectivity index (χ1n) is 26.3. The highest BCUT2D eigenvalue weighted by Crippen LogP contribution is 2.34. The molecule has 16 nitrogen and oxygen atoms in total. The Bertz CT molecular complexity index is 3600. The van der Waals surface area contributed by atoms with Crippen molar-refractivity contribution in [2.75, 3.05) is 63.0 Å². The number of aryl methyl sites for hydroxylation is 2. The summed E-state index contributed by atoms with van der Waals surface area (Å²) in [5, 5.41) is 19.6. The SMILES string of the molecule is CCN(CC)CCCNc1nc(-c2cc(C(=O)NC(C)C)ccc2C)c2ccc(=O)n(-c3c(F)cccc3F)c2n1.CCN(CC)CCCNc1nc(-c2cc(C(=O)O)ccc2C)c2ccc(=O)n(-c3c(F)cccc3F)c2n1. The zero-order valence-electron chi connectivity index (χ0n) is 45.6. The summed E-state index contributed by atoms with van der Waals surface area (Å²) in [5.41, 5.74) is 1.65. The van der Waals surface area contributed by atoms with E-state index in [1.165, 1.54) is 42.5 Å². The van der Waals surface area contributed by atoms with Crippen molar-refractivity contribution in [2.45, 2.75) is 74.3 Å². The molecule has 0 atom stereocenters. The summed E-state index contributed by atoms with van der Waals surface area (Å²) >= 11 is 0. The lowest BCUT2D eigenvalue weighted by Crippen LogP contribution is -2.30. The summed E-state index contributed by atoms with van der Waals surface area (Å²) in [5.74, 6) is -4.60. The van der Waals surface area contributed by atoms with E-state index >= 15 is 0 Å². The summed E-state index contributed by atoms with van der Waals surface area (Å²) < 4.78 is 61.4. The second-order valence-electron chi connectivity index (χ2n) is 19.0. The molecule has 79 heavy (non-hydrogen) atoms. The highest BCUT2D eigenvalue weighted by Gasteiger charge is 2.24. The van der Waals surface area contributed by atoms with Gasteiger partial charge < -0.3 is 30.9 Å². The van der Waals surface area contributed by atoms with Gasteiger partial charge in [0, 0.05) is 58.7 Å². The Hall–Kier alpha value is -8.36. The molecule has 8 aromatic rings. The van der Waals surface area contributed by atoms with Crippen molar-refractivity contribution in [1.82, 2.24) is 44.2 Å². The molecule has 0 aliphatic rings. The Morgan fingerprint density at radius 2 is 0.962 bits per heavy atom. The smallest absolute Gasteiger partial charge is 0.335 e. The molecular weight excluding hydrogens is 1020 g/mol. The predicted octanol–water partition coefficient (Wildman–Crippen LogP) is 10.2. The number of hydrogen-bond donors (Lipinski definition) is 4. The van der Waals surface area contributed by atoms with E-state index in [9.17, 15) is 41.8 Å². The van der Waals surface area contributed by atoms with Gasteiger partial charge in [-0.05, 0) is 152 Å². The molecule has 0 aliphatic heterocycles. The van der Waals surface area contributed by atoms with Crippen LogP contribution >= 0.6 is 0 Å². The number of pyridine rings is 2. The van der Waals surface area contributed by atoms with Gasteiger partial charge in [-0.2, -0.15) is 9.97 Å². The standard InChI is InChI=1S/C31H36F2N6O2.C28H29F2N5O3/c1-6-38(7-2)17-9-16-34-31-36-27(23-18-21(13-12-20(23)5)30(41)35-19(3)4)22-14-15-26(40)39(29(22)37-31)28-24(32)10-8-11-25(28)33;1-4-34(5-2)15-7-14-31-28-32-24(20-16-18(27(37)38)11-10-17(20)3)19-12-13-23(36)35(26(19)33-28)25-21(29)8-6-9-22(25)30/h8,10-15,18-19H,6-7,9,16-17H2,1-5H3,(H,35,41)(H,34,36,37);6,8-13,16H,4-5,7,14-15H2,1-3H3,(H,37,38)(H,31,32,33). The summed E-state index contributed by atoms with van der Waals surface area (Å²) in [7, 11) is 0. The second kappa shape index (κ2) is 26.3. The number of aromatic nitrogens is 6. The topological polar surface area (TPSA) is 192 Å². The number of para-hydroxylation sites is 2. The van der Waals surface area contributed by atoms with Gasteiger partial charge >= 0.3 is 5.97 Å². The van der Waals surface area contributed by atoms with Gasteiger partial charge in [0.1, 0.15) is 34.6 Å². The number of amides is 1. The second-order valence-corrected chi connectivity index (χ2v) is 19.0. The van der Waals surface area contributed by atoms with Gasteiger partial charge in [-0.3, -0.25) is 23.5 Å². The van der Waals surface area contributed by atoms with Crippen molar-refractivity contribution in [1.29, 1.82) is 0 Å². The van der Waals surface area contributed by atoms with Crippen LogP contribution in [-0.4, -0.2) is 114 Å². The molecule has 4 aromatic heterocycles. The molecule has 4 heterocycles. The van der Waals surface area contributed by atoms with Crippen LogP contribution in [0.3, 0.4) is 0 Å². The minimum Gasteiger partial charge on any atom is -0.478 e. The number of benzene rings is 4. The van der Waals surface area contributed by atoms with Crippen LogP contribution in [0.4, 0.5) is 29.5 Å². The van der Waals surface area contributed by atoms with Gasteiger partial charge in [0.2, 0.25) is 11.9 Å². The zero-order chi connectivity index (χ0) is 57.1. The molecule has 0 unspecified atom stereocenters. The Morgan fingerprint density at radius 1 is 0.570 bits per heavy atom. The van der Waals surface area contributed by atoms with Crippen molar-refractivity contribution < 1.29 is 32.3 Å². The molecule has 0 spiro atoms. The van der Waals surface area contributed by atoms with Crippen molar-refractivity contribution >= 4 is 45.8 Å². The number of carbonyl (C=O) groups is 2. The van der Waals surface area contributed by atoms with Crippen molar-refractivity contribution in [2.24, 2.45) is 0 Å². The Labute approximate surface area is 455 Å². The fourth-order valence-electron chi connectivity index (χ4n) is 9.10. The summed E-state index contributed by atoms with van der Waals surface area (Å²) in [6.45, 7) is 22.3. The first-order valence-corrected chi connectivity index (χ1v) is 26.3. The van der Waals surface area contributed by atoms with E-state index in [4.69, 9.17) is 4.98 Å². The molecule has 0 saturated carbocycles. The maximum atomic E-state index is 15.0. The number of hydrogen-bond acceptors (Lipinski definition) is 12. The number of aromatic carboxylic acids is 1. The fourth-order valence-corrected chi connectivity index (χ4v) is 9.10. The van der Waals surface area contributed by atoms with Gasteiger partial charge in [-0.25, -0.2) is 32.3 Å². The van der Waals surface area contributed by atoms with Crippen LogP contribution in [-0.2, 0) is 0 Å². The van der Waals surface area contributed by atoms with Crippen molar-refractivity contribution in [3.8, 4) is 33.9 Å². The molecule has 0 saturated heterocycles. The molecule has 0 radical (unpaired) electrons. The molecule has 4 N–H and O–H groups in total. The van der Waals surface area contributed by atoms with Gasteiger partial charge in [0.15, 0.2) is 11.3 Å². The lowest BCUT2D eigenvalue weighted by Gasteiger charge is -2.18. The quantitative estimate of drug-likeness (QED) is 0.0393. The number of nitrogens with zero attached hydrogens (tertiary/aromatic N) is 8. The Morgan fingerprint density at radius 3 is 1.34 bits per heavy atom.